The minimum Gasteiger partial charge on any atom is -0.310 e. The summed E-state index contributed by atoms with van der Waals surface area (Å²) in [6.45, 7) is 6.90. The molecule has 1 aliphatic rings. The van der Waals surface area contributed by atoms with E-state index in [0.29, 0.717) is 19.4 Å². The number of hydrogen-bond donors (Lipinski definition) is 1. The molecule has 1 aromatic heterocycles. The number of nitrogens with zero attached hydrogens (tertiary/aromatic N) is 2. The minimum absolute atomic E-state index is 0.0526. The summed E-state index contributed by atoms with van der Waals surface area (Å²) in [5.41, 5.74) is 1.02. The predicted octanol–water partition coefficient (Wildman–Crippen LogP) is 3.85. The van der Waals surface area contributed by atoms with E-state index >= 15 is 0 Å². The van der Waals surface area contributed by atoms with Gasteiger partial charge in [-0.1, -0.05) is 0 Å². The molecule has 0 spiro atoms. The van der Waals surface area contributed by atoms with Gasteiger partial charge in [-0.15, -0.1) is 0 Å². The second-order valence-corrected chi connectivity index (χ2v) is 6.94. The number of aromatic nitrogens is 2. The van der Waals surface area contributed by atoms with Crippen LogP contribution in [0, 0.1) is 5.92 Å². The third-order valence-electron chi connectivity index (χ3n) is 4.11. The highest BCUT2D eigenvalue weighted by molar-refractivity contribution is 5.05. The number of halogens is 3. The van der Waals surface area contributed by atoms with E-state index in [4.69, 9.17) is 0 Å². The topological polar surface area (TPSA) is 29.9 Å². The first-order valence-electron chi connectivity index (χ1n) is 7.50. The van der Waals surface area contributed by atoms with E-state index in [1.165, 1.54) is 0 Å². The highest BCUT2D eigenvalue weighted by atomic mass is 19.4. The van der Waals surface area contributed by atoms with Gasteiger partial charge in [-0.05, 0) is 46.5 Å². The van der Waals surface area contributed by atoms with E-state index in [0.717, 1.165) is 5.56 Å². The fraction of sp³-hybridized carbons (Fsp3) is 0.800. The van der Waals surface area contributed by atoms with Crippen LogP contribution in [0.1, 0.15) is 52.0 Å². The van der Waals surface area contributed by atoms with Crippen LogP contribution in [0.5, 0.6) is 0 Å². The van der Waals surface area contributed by atoms with Crippen LogP contribution in [0.3, 0.4) is 0 Å². The lowest BCUT2D eigenvalue weighted by atomic mass is 9.85. The van der Waals surface area contributed by atoms with Gasteiger partial charge in [-0.3, -0.25) is 4.68 Å². The number of alkyl halides is 3. The van der Waals surface area contributed by atoms with Crippen molar-refractivity contribution in [3.63, 3.8) is 0 Å². The first kappa shape index (κ1) is 16.3. The second kappa shape index (κ2) is 5.99. The number of rotatable bonds is 3. The van der Waals surface area contributed by atoms with Gasteiger partial charge in [0.05, 0.1) is 17.7 Å². The molecule has 1 aromatic rings. The van der Waals surface area contributed by atoms with E-state index in [1.54, 1.807) is 0 Å². The van der Waals surface area contributed by atoms with Crippen molar-refractivity contribution in [2.45, 2.75) is 70.8 Å². The lowest BCUT2D eigenvalue weighted by molar-refractivity contribution is -0.182. The third kappa shape index (κ3) is 4.46. The molecule has 0 radical (unpaired) electrons. The summed E-state index contributed by atoms with van der Waals surface area (Å²) in [5.74, 6) is -1.11. The van der Waals surface area contributed by atoms with Crippen molar-refractivity contribution in [2.75, 3.05) is 0 Å². The Labute approximate surface area is 123 Å². The quantitative estimate of drug-likeness (QED) is 0.919. The third-order valence-corrected chi connectivity index (χ3v) is 4.11. The van der Waals surface area contributed by atoms with Crippen molar-refractivity contribution in [2.24, 2.45) is 5.92 Å². The summed E-state index contributed by atoms with van der Waals surface area (Å²) in [6.07, 6.45) is 1.45. The summed E-state index contributed by atoms with van der Waals surface area (Å²) in [4.78, 5) is 0. The van der Waals surface area contributed by atoms with Gasteiger partial charge >= 0.3 is 6.18 Å². The van der Waals surface area contributed by atoms with Crippen LogP contribution in [0.15, 0.2) is 12.4 Å². The Hall–Kier alpha value is -1.04. The molecule has 1 aliphatic carbocycles. The average Bonchev–Trinajstić information content (AvgIpc) is 2.84. The molecule has 0 bridgehead atoms. The van der Waals surface area contributed by atoms with Gasteiger partial charge in [-0.2, -0.15) is 18.3 Å². The average molecular weight is 303 g/mol. The number of nitrogens with one attached hydrogen (secondary N) is 1. The molecule has 0 unspecified atom stereocenters. The molecular formula is C15H24F3N3. The molecule has 3 nitrogen and oxygen atoms in total. The maximum absolute atomic E-state index is 12.6. The summed E-state index contributed by atoms with van der Waals surface area (Å²) in [6, 6.07) is 0.182. The lowest BCUT2D eigenvalue weighted by Gasteiger charge is -2.30. The molecule has 0 saturated heterocycles. The zero-order valence-corrected chi connectivity index (χ0v) is 12.9. The molecule has 0 amide bonds. The zero-order chi connectivity index (χ0) is 15.7. The van der Waals surface area contributed by atoms with Gasteiger partial charge in [0.2, 0.25) is 0 Å². The maximum Gasteiger partial charge on any atom is 0.391 e. The fourth-order valence-electron chi connectivity index (χ4n) is 2.71. The SMILES string of the molecule is CC(C)(C)n1cc(CNC2CCC(C(F)(F)F)CC2)cn1. The molecule has 6 heteroatoms. The molecule has 21 heavy (non-hydrogen) atoms. The maximum atomic E-state index is 12.6. The van der Waals surface area contributed by atoms with Gasteiger partial charge in [0.25, 0.3) is 0 Å². The van der Waals surface area contributed by atoms with Crippen LogP contribution in [0.25, 0.3) is 0 Å². The molecule has 0 atom stereocenters. The first-order valence-corrected chi connectivity index (χ1v) is 7.50. The van der Waals surface area contributed by atoms with Crippen LogP contribution >= 0.6 is 0 Å². The van der Waals surface area contributed by atoms with Gasteiger partial charge in [0, 0.05) is 24.3 Å². The molecule has 0 aromatic carbocycles. The van der Waals surface area contributed by atoms with Crippen LogP contribution in [0.4, 0.5) is 13.2 Å². The Morgan fingerprint density at radius 3 is 2.29 bits per heavy atom. The van der Waals surface area contributed by atoms with Crippen molar-refractivity contribution in [1.29, 1.82) is 0 Å². The van der Waals surface area contributed by atoms with Crippen LogP contribution in [0.2, 0.25) is 0 Å². The standard InChI is InChI=1S/C15H24F3N3/c1-14(2,3)21-10-11(9-20-21)8-19-13-6-4-12(5-7-13)15(16,17)18/h9-10,12-13,19H,4-8H2,1-3H3. The molecule has 120 valence electrons. The van der Waals surface area contributed by atoms with Crippen molar-refractivity contribution in [1.82, 2.24) is 15.1 Å². The second-order valence-electron chi connectivity index (χ2n) is 6.94. The van der Waals surface area contributed by atoms with E-state index in [2.05, 4.69) is 31.2 Å². The van der Waals surface area contributed by atoms with Crippen LogP contribution in [-0.4, -0.2) is 22.0 Å². The van der Waals surface area contributed by atoms with Gasteiger partial charge in [0.15, 0.2) is 0 Å². The first-order chi connectivity index (χ1) is 9.66. The van der Waals surface area contributed by atoms with Crippen molar-refractivity contribution >= 4 is 0 Å². The molecule has 1 saturated carbocycles. The Balaban J connectivity index is 1.79. The van der Waals surface area contributed by atoms with Crippen molar-refractivity contribution in [3.8, 4) is 0 Å². The van der Waals surface area contributed by atoms with Crippen molar-refractivity contribution in [3.05, 3.63) is 18.0 Å². The largest absolute Gasteiger partial charge is 0.391 e. The highest BCUT2D eigenvalue weighted by Gasteiger charge is 2.41. The van der Waals surface area contributed by atoms with Gasteiger partial charge in [0.1, 0.15) is 0 Å². The molecule has 0 aliphatic heterocycles. The van der Waals surface area contributed by atoms with Crippen LogP contribution in [-0.2, 0) is 12.1 Å². The monoisotopic (exact) mass is 303 g/mol. The van der Waals surface area contributed by atoms with E-state index in [1.807, 2.05) is 17.1 Å². The lowest BCUT2D eigenvalue weighted by Crippen LogP contribution is -2.36. The van der Waals surface area contributed by atoms with E-state index < -0.39 is 12.1 Å². The molecule has 2 rings (SSSR count). The Morgan fingerprint density at radius 1 is 1.19 bits per heavy atom. The summed E-state index contributed by atoms with van der Waals surface area (Å²) >= 11 is 0. The Bertz CT molecular complexity index is 451. The van der Waals surface area contributed by atoms with E-state index in [9.17, 15) is 13.2 Å². The summed E-state index contributed by atoms with van der Waals surface area (Å²) < 4.78 is 39.7. The van der Waals surface area contributed by atoms with Gasteiger partial charge in [-0.25, -0.2) is 0 Å². The summed E-state index contributed by atoms with van der Waals surface area (Å²) in [5, 5.41) is 7.68. The molecule has 1 fully saturated rings. The predicted molar refractivity (Wildman–Crippen MR) is 75.9 cm³/mol. The molecule has 1 heterocycles. The Kier molecular flexibility index (Phi) is 4.66. The van der Waals surface area contributed by atoms with Gasteiger partial charge < -0.3 is 5.32 Å². The zero-order valence-electron chi connectivity index (χ0n) is 12.9. The fourth-order valence-corrected chi connectivity index (χ4v) is 2.71. The number of hydrogen-bond acceptors (Lipinski definition) is 2. The summed E-state index contributed by atoms with van der Waals surface area (Å²) in [7, 11) is 0. The van der Waals surface area contributed by atoms with Crippen molar-refractivity contribution < 1.29 is 13.2 Å². The highest BCUT2D eigenvalue weighted by Crippen LogP contribution is 2.37. The molecule has 1 N–H and O–H groups in total. The van der Waals surface area contributed by atoms with E-state index in [-0.39, 0.29) is 24.4 Å². The molecular weight excluding hydrogens is 279 g/mol. The normalized spacial score (nSPS) is 24.3. The Morgan fingerprint density at radius 2 is 1.81 bits per heavy atom. The van der Waals surface area contributed by atoms with Crippen LogP contribution < -0.4 is 5.32 Å². The minimum atomic E-state index is -4.03. The smallest absolute Gasteiger partial charge is 0.310 e.